The first kappa shape index (κ1) is 10.8. The summed E-state index contributed by atoms with van der Waals surface area (Å²) in [5, 5.41) is 0. The summed E-state index contributed by atoms with van der Waals surface area (Å²) in [7, 11) is 0. The zero-order valence-electron chi connectivity index (χ0n) is 10.0. The first-order valence-electron chi connectivity index (χ1n) is 6.06. The highest BCUT2D eigenvalue weighted by Gasteiger charge is 2.05. The Labute approximate surface area is 108 Å². The Hall–Kier alpha value is -2.34. The molecule has 3 aromatic carbocycles. The summed E-state index contributed by atoms with van der Waals surface area (Å²) >= 11 is 0. The second-order valence-electron chi connectivity index (χ2n) is 4.20. The van der Waals surface area contributed by atoms with E-state index in [2.05, 4.69) is 66.7 Å². The van der Waals surface area contributed by atoms with Gasteiger partial charge in [0.2, 0.25) is 0 Å². The van der Waals surface area contributed by atoms with Crippen LogP contribution in [0.15, 0.2) is 78.9 Å². The normalized spacial score (nSPS) is 10.2. The van der Waals surface area contributed by atoms with Crippen LogP contribution in [0.1, 0.15) is 0 Å². The lowest BCUT2D eigenvalue weighted by Gasteiger charge is -2.09. The molecular weight excluding hydrogens is 216 g/mol. The van der Waals surface area contributed by atoms with Crippen molar-refractivity contribution in [3.05, 3.63) is 84.9 Å². The molecule has 0 aliphatic carbocycles. The highest BCUT2D eigenvalue weighted by molar-refractivity contribution is 5.83. The SMILES string of the molecule is [c]1ccc(-c2ccccc2)c(-c2ccccc2)c1. The topological polar surface area (TPSA) is 0 Å². The molecule has 3 rings (SSSR count). The average molecular weight is 229 g/mol. The maximum Gasteiger partial charge on any atom is -0.00992 e. The first-order chi connectivity index (χ1) is 8.95. The van der Waals surface area contributed by atoms with Crippen LogP contribution < -0.4 is 0 Å². The molecular formula is C18H13. The maximum atomic E-state index is 3.17. The van der Waals surface area contributed by atoms with Crippen LogP contribution in [-0.4, -0.2) is 0 Å². The Morgan fingerprint density at radius 1 is 0.556 bits per heavy atom. The van der Waals surface area contributed by atoms with Gasteiger partial charge in [0.15, 0.2) is 0 Å². The van der Waals surface area contributed by atoms with Gasteiger partial charge in [-0.3, -0.25) is 0 Å². The van der Waals surface area contributed by atoms with Crippen molar-refractivity contribution in [2.75, 3.05) is 0 Å². The van der Waals surface area contributed by atoms with Crippen LogP contribution >= 0.6 is 0 Å². The lowest BCUT2D eigenvalue weighted by molar-refractivity contribution is 1.58. The van der Waals surface area contributed by atoms with Crippen LogP contribution in [0.4, 0.5) is 0 Å². The molecule has 0 spiro atoms. The van der Waals surface area contributed by atoms with Gasteiger partial charge >= 0.3 is 0 Å². The highest BCUT2D eigenvalue weighted by atomic mass is 14.1. The zero-order valence-corrected chi connectivity index (χ0v) is 10.0. The third-order valence-electron chi connectivity index (χ3n) is 3.03. The predicted octanol–water partition coefficient (Wildman–Crippen LogP) is 4.82. The van der Waals surface area contributed by atoms with E-state index in [0.717, 1.165) is 0 Å². The van der Waals surface area contributed by atoms with Gasteiger partial charge in [-0.05, 0) is 34.4 Å². The van der Waals surface area contributed by atoms with Crippen LogP contribution in [-0.2, 0) is 0 Å². The maximum absolute atomic E-state index is 3.17. The molecule has 1 radical (unpaired) electrons. The van der Waals surface area contributed by atoms with E-state index in [9.17, 15) is 0 Å². The standard InChI is InChI=1S/C18H13/c1-3-9-15(10-4-1)17-13-7-8-14-18(17)16-11-5-2-6-12-16/h1-7,9-14H. The number of rotatable bonds is 2. The molecule has 3 aromatic rings. The molecule has 0 fully saturated rings. The minimum absolute atomic E-state index is 1.23. The summed E-state index contributed by atoms with van der Waals surface area (Å²) in [6, 6.07) is 30.2. The van der Waals surface area contributed by atoms with Gasteiger partial charge in [-0.1, -0.05) is 72.8 Å². The summed E-state index contributed by atoms with van der Waals surface area (Å²) in [5.41, 5.74) is 4.95. The van der Waals surface area contributed by atoms with Crippen molar-refractivity contribution < 1.29 is 0 Å². The molecule has 0 atom stereocenters. The van der Waals surface area contributed by atoms with Crippen molar-refractivity contribution in [1.82, 2.24) is 0 Å². The Morgan fingerprint density at radius 3 is 1.72 bits per heavy atom. The van der Waals surface area contributed by atoms with E-state index >= 15 is 0 Å². The van der Waals surface area contributed by atoms with Gasteiger partial charge in [0.25, 0.3) is 0 Å². The fourth-order valence-electron chi connectivity index (χ4n) is 2.16. The van der Waals surface area contributed by atoms with Crippen molar-refractivity contribution >= 4 is 0 Å². The van der Waals surface area contributed by atoms with Crippen molar-refractivity contribution in [2.24, 2.45) is 0 Å². The molecule has 0 aromatic heterocycles. The smallest absolute Gasteiger partial charge is 0.00992 e. The molecule has 0 N–H and O–H groups in total. The molecule has 0 nitrogen and oxygen atoms in total. The fraction of sp³-hybridized carbons (Fsp3) is 0. The second-order valence-corrected chi connectivity index (χ2v) is 4.20. The Bertz CT molecular complexity index is 566. The molecule has 18 heavy (non-hydrogen) atoms. The van der Waals surface area contributed by atoms with E-state index in [-0.39, 0.29) is 0 Å². The van der Waals surface area contributed by atoms with Crippen LogP contribution in [0.2, 0.25) is 0 Å². The van der Waals surface area contributed by atoms with Crippen LogP contribution in [0.5, 0.6) is 0 Å². The van der Waals surface area contributed by atoms with E-state index in [0.29, 0.717) is 0 Å². The number of hydrogen-bond donors (Lipinski definition) is 0. The van der Waals surface area contributed by atoms with Gasteiger partial charge < -0.3 is 0 Å². The number of benzene rings is 3. The molecule has 85 valence electrons. The monoisotopic (exact) mass is 229 g/mol. The van der Waals surface area contributed by atoms with Gasteiger partial charge in [0.05, 0.1) is 0 Å². The molecule has 0 heteroatoms. The third kappa shape index (κ3) is 2.05. The largest absolute Gasteiger partial charge is 0.0622 e. The van der Waals surface area contributed by atoms with Crippen LogP contribution in [0.3, 0.4) is 0 Å². The molecule has 0 amide bonds. The summed E-state index contributed by atoms with van der Waals surface area (Å²) in [5.74, 6) is 0. The van der Waals surface area contributed by atoms with Gasteiger partial charge in [0, 0.05) is 0 Å². The molecule has 0 aliphatic rings. The second kappa shape index (κ2) is 4.89. The summed E-state index contributed by atoms with van der Waals surface area (Å²) < 4.78 is 0. The summed E-state index contributed by atoms with van der Waals surface area (Å²) in [6.45, 7) is 0. The van der Waals surface area contributed by atoms with E-state index in [1.807, 2.05) is 18.2 Å². The lowest BCUT2D eigenvalue weighted by atomic mass is 9.95. The minimum atomic E-state index is 1.23. The highest BCUT2D eigenvalue weighted by Crippen LogP contribution is 2.31. The quantitative estimate of drug-likeness (QED) is 0.591. The van der Waals surface area contributed by atoms with Crippen LogP contribution in [0, 0.1) is 6.07 Å². The molecule has 0 bridgehead atoms. The lowest BCUT2D eigenvalue weighted by Crippen LogP contribution is -1.84. The van der Waals surface area contributed by atoms with Gasteiger partial charge in [-0.15, -0.1) is 0 Å². The molecule has 0 saturated heterocycles. The van der Waals surface area contributed by atoms with Crippen molar-refractivity contribution in [3.63, 3.8) is 0 Å². The van der Waals surface area contributed by atoms with E-state index in [4.69, 9.17) is 0 Å². The molecule has 0 saturated carbocycles. The van der Waals surface area contributed by atoms with Crippen LogP contribution in [0.25, 0.3) is 22.3 Å². The Balaban J connectivity index is 2.18. The Morgan fingerprint density at radius 2 is 1.11 bits per heavy atom. The fourth-order valence-corrected chi connectivity index (χ4v) is 2.16. The van der Waals surface area contributed by atoms with Crippen molar-refractivity contribution in [1.29, 1.82) is 0 Å². The van der Waals surface area contributed by atoms with Crippen molar-refractivity contribution in [2.45, 2.75) is 0 Å². The first-order valence-corrected chi connectivity index (χ1v) is 6.06. The third-order valence-corrected chi connectivity index (χ3v) is 3.03. The molecule has 0 heterocycles. The summed E-state index contributed by atoms with van der Waals surface area (Å²) in [4.78, 5) is 0. The minimum Gasteiger partial charge on any atom is -0.0622 e. The number of hydrogen-bond acceptors (Lipinski definition) is 0. The van der Waals surface area contributed by atoms with E-state index in [1.165, 1.54) is 22.3 Å². The molecule has 0 aliphatic heterocycles. The van der Waals surface area contributed by atoms with E-state index in [1.54, 1.807) is 0 Å². The molecule has 0 unspecified atom stereocenters. The average Bonchev–Trinajstić information content (AvgIpc) is 2.49. The predicted molar refractivity (Wildman–Crippen MR) is 76.2 cm³/mol. The van der Waals surface area contributed by atoms with Gasteiger partial charge in [0.1, 0.15) is 0 Å². The Kier molecular flexibility index (Phi) is 2.93. The van der Waals surface area contributed by atoms with Gasteiger partial charge in [-0.2, -0.15) is 0 Å². The zero-order chi connectivity index (χ0) is 12.2. The van der Waals surface area contributed by atoms with E-state index < -0.39 is 0 Å². The summed E-state index contributed by atoms with van der Waals surface area (Å²) in [6.07, 6.45) is 0. The van der Waals surface area contributed by atoms with Gasteiger partial charge in [-0.25, -0.2) is 0 Å². The van der Waals surface area contributed by atoms with Crippen molar-refractivity contribution in [3.8, 4) is 22.3 Å².